The first-order chi connectivity index (χ1) is 12.0. The summed E-state index contributed by atoms with van der Waals surface area (Å²) in [6.45, 7) is 3.13. The van der Waals surface area contributed by atoms with Crippen molar-refractivity contribution in [3.63, 3.8) is 0 Å². The van der Waals surface area contributed by atoms with Crippen LogP contribution in [0.2, 0.25) is 5.02 Å². The summed E-state index contributed by atoms with van der Waals surface area (Å²) in [7, 11) is 0. The lowest BCUT2D eigenvalue weighted by Gasteiger charge is -2.31. The smallest absolute Gasteiger partial charge is 0.306 e. The van der Waals surface area contributed by atoms with Crippen LogP contribution < -0.4 is 16.0 Å². The first kappa shape index (κ1) is 17.3. The SMILES string of the molecule is Cc1c(Cl)cccc1Nc1ncnc(N2CCC(C(=O)O)CC2)c1N. The number of nitrogens with two attached hydrogens (primary N) is 1. The maximum Gasteiger partial charge on any atom is 0.306 e. The van der Waals surface area contributed by atoms with Crippen molar-refractivity contribution in [1.29, 1.82) is 0 Å². The molecular weight excluding hydrogens is 342 g/mol. The highest BCUT2D eigenvalue weighted by Crippen LogP contribution is 2.33. The van der Waals surface area contributed by atoms with E-state index in [1.807, 2.05) is 30.0 Å². The number of aromatic nitrogens is 2. The van der Waals surface area contributed by atoms with Gasteiger partial charge in [-0.2, -0.15) is 0 Å². The van der Waals surface area contributed by atoms with Crippen LogP contribution in [0.25, 0.3) is 0 Å². The molecule has 2 heterocycles. The van der Waals surface area contributed by atoms with E-state index in [2.05, 4.69) is 15.3 Å². The van der Waals surface area contributed by atoms with Crippen molar-refractivity contribution in [2.45, 2.75) is 19.8 Å². The summed E-state index contributed by atoms with van der Waals surface area (Å²) < 4.78 is 0. The van der Waals surface area contributed by atoms with Crippen LogP contribution in [0.15, 0.2) is 24.5 Å². The topological polar surface area (TPSA) is 104 Å². The Morgan fingerprint density at radius 2 is 2.08 bits per heavy atom. The minimum absolute atomic E-state index is 0.300. The van der Waals surface area contributed by atoms with Crippen LogP contribution >= 0.6 is 11.6 Å². The third-order valence-electron chi connectivity index (χ3n) is 4.53. The lowest BCUT2D eigenvalue weighted by molar-refractivity contribution is -0.142. The second kappa shape index (κ2) is 7.14. The van der Waals surface area contributed by atoms with E-state index >= 15 is 0 Å². The second-order valence-corrected chi connectivity index (χ2v) is 6.50. The van der Waals surface area contributed by atoms with Crippen molar-refractivity contribution >= 4 is 40.6 Å². The molecule has 2 aromatic rings. The molecule has 8 heteroatoms. The number of carboxylic acids is 1. The highest BCUT2D eigenvalue weighted by Gasteiger charge is 2.26. The summed E-state index contributed by atoms with van der Waals surface area (Å²) in [5.41, 5.74) is 8.44. The van der Waals surface area contributed by atoms with Gasteiger partial charge in [-0.05, 0) is 37.5 Å². The summed E-state index contributed by atoms with van der Waals surface area (Å²) in [6, 6.07) is 5.58. The van der Waals surface area contributed by atoms with Gasteiger partial charge in [0.15, 0.2) is 11.6 Å². The predicted molar refractivity (Wildman–Crippen MR) is 98.5 cm³/mol. The molecule has 25 heavy (non-hydrogen) atoms. The molecule has 4 N–H and O–H groups in total. The third kappa shape index (κ3) is 3.61. The number of piperidine rings is 1. The molecule has 0 saturated carbocycles. The maximum absolute atomic E-state index is 11.1. The molecule has 0 radical (unpaired) electrons. The molecule has 0 bridgehead atoms. The lowest BCUT2D eigenvalue weighted by Crippen LogP contribution is -2.37. The lowest BCUT2D eigenvalue weighted by atomic mass is 9.97. The fourth-order valence-electron chi connectivity index (χ4n) is 2.95. The first-order valence-electron chi connectivity index (χ1n) is 8.07. The molecule has 0 atom stereocenters. The zero-order valence-electron chi connectivity index (χ0n) is 13.9. The molecule has 1 saturated heterocycles. The minimum Gasteiger partial charge on any atom is -0.481 e. The molecule has 7 nitrogen and oxygen atoms in total. The summed E-state index contributed by atoms with van der Waals surface area (Å²) >= 11 is 6.15. The van der Waals surface area contributed by atoms with Gasteiger partial charge in [0.25, 0.3) is 0 Å². The van der Waals surface area contributed by atoms with E-state index in [1.54, 1.807) is 0 Å². The molecular formula is C17H20ClN5O2. The largest absolute Gasteiger partial charge is 0.481 e. The maximum atomic E-state index is 11.1. The van der Waals surface area contributed by atoms with Gasteiger partial charge in [-0.3, -0.25) is 4.79 Å². The van der Waals surface area contributed by atoms with Gasteiger partial charge in [0, 0.05) is 23.8 Å². The number of rotatable bonds is 4. The monoisotopic (exact) mass is 361 g/mol. The highest BCUT2D eigenvalue weighted by molar-refractivity contribution is 6.31. The third-order valence-corrected chi connectivity index (χ3v) is 4.94. The van der Waals surface area contributed by atoms with E-state index in [9.17, 15) is 4.79 Å². The summed E-state index contributed by atoms with van der Waals surface area (Å²) in [6.07, 6.45) is 2.61. The molecule has 3 rings (SSSR count). The van der Waals surface area contributed by atoms with Gasteiger partial charge < -0.3 is 21.1 Å². The van der Waals surface area contributed by atoms with Gasteiger partial charge >= 0.3 is 5.97 Å². The number of hydrogen-bond donors (Lipinski definition) is 3. The van der Waals surface area contributed by atoms with Crippen LogP contribution in [-0.2, 0) is 4.79 Å². The van der Waals surface area contributed by atoms with E-state index in [0.717, 1.165) is 11.3 Å². The van der Waals surface area contributed by atoms with Gasteiger partial charge in [-0.1, -0.05) is 17.7 Å². The van der Waals surface area contributed by atoms with Crippen molar-refractivity contribution in [2.24, 2.45) is 5.92 Å². The Kier molecular flexibility index (Phi) is 4.94. The van der Waals surface area contributed by atoms with Crippen molar-refractivity contribution in [2.75, 3.05) is 29.0 Å². The molecule has 0 spiro atoms. The number of nitrogen functional groups attached to an aromatic ring is 1. The zero-order valence-corrected chi connectivity index (χ0v) is 14.6. The molecule has 0 unspecified atom stereocenters. The number of anilines is 4. The zero-order chi connectivity index (χ0) is 18.0. The number of halogens is 1. The van der Waals surface area contributed by atoms with Crippen LogP contribution in [0, 0.1) is 12.8 Å². The van der Waals surface area contributed by atoms with Crippen LogP contribution in [0.3, 0.4) is 0 Å². The van der Waals surface area contributed by atoms with E-state index in [4.69, 9.17) is 22.4 Å². The molecule has 1 aliphatic rings. The fraction of sp³-hybridized carbons (Fsp3) is 0.353. The van der Waals surface area contributed by atoms with Crippen molar-refractivity contribution < 1.29 is 9.90 Å². The molecule has 1 aromatic heterocycles. The van der Waals surface area contributed by atoms with Crippen LogP contribution in [0.4, 0.5) is 23.0 Å². The Morgan fingerprint density at radius 1 is 1.36 bits per heavy atom. The van der Waals surface area contributed by atoms with E-state index in [1.165, 1.54) is 6.33 Å². The summed E-state index contributed by atoms with van der Waals surface area (Å²) in [5, 5.41) is 13.0. The van der Waals surface area contributed by atoms with Crippen LogP contribution in [-0.4, -0.2) is 34.1 Å². The van der Waals surface area contributed by atoms with Crippen LogP contribution in [0.5, 0.6) is 0 Å². The molecule has 1 aromatic carbocycles. The van der Waals surface area contributed by atoms with E-state index in [-0.39, 0.29) is 5.92 Å². The molecule has 0 aliphatic carbocycles. The molecule has 0 amide bonds. The standard InChI is InChI=1S/C17H20ClN5O2/c1-10-12(18)3-2-4-13(10)22-15-14(19)16(21-9-20-15)23-7-5-11(6-8-23)17(24)25/h2-4,9,11H,5-8,19H2,1H3,(H,24,25)(H,20,21,22). The Labute approximate surface area is 150 Å². The van der Waals surface area contributed by atoms with Gasteiger partial charge in [0.2, 0.25) is 0 Å². The number of nitrogens with one attached hydrogen (secondary N) is 1. The van der Waals surface area contributed by atoms with E-state index < -0.39 is 5.97 Å². The minimum atomic E-state index is -0.742. The Hall–Kier alpha value is -2.54. The average molecular weight is 362 g/mol. The van der Waals surface area contributed by atoms with Gasteiger partial charge in [0.05, 0.1) is 5.92 Å². The predicted octanol–water partition coefficient (Wildman–Crippen LogP) is 3.07. The number of aliphatic carboxylic acids is 1. The second-order valence-electron chi connectivity index (χ2n) is 6.10. The molecule has 132 valence electrons. The quantitative estimate of drug-likeness (QED) is 0.768. The number of carbonyl (C=O) groups is 1. The van der Waals surface area contributed by atoms with Gasteiger partial charge in [-0.25, -0.2) is 9.97 Å². The number of carboxylic acid groups (broad SMARTS) is 1. The Bertz CT molecular complexity index is 791. The van der Waals surface area contributed by atoms with Gasteiger partial charge in [-0.15, -0.1) is 0 Å². The van der Waals surface area contributed by atoms with Crippen molar-refractivity contribution in [3.05, 3.63) is 35.1 Å². The molecule has 1 aliphatic heterocycles. The Balaban J connectivity index is 1.81. The highest BCUT2D eigenvalue weighted by atomic mass is 35.5. The number of hydrogen-bond acceptors (Lipinski definition) is 6. The van der Waals surface area contributed by atoms with Crippen LogP contribution in [0.1, 0.15) is 18.4 Å². The summed E-state index contributed by atoms with van der Waals surface area (Å²) in [5.74, 6) is 0.0943. The average Bonchev–Trinajstić information content (AvgIpc) is 2.61. The molecule has 1 fully saturated rings. The fourth-order valence-corrected chi connectivity index (χ4v) is 3.12. The normalized spacial score (nSPS) is 15.2. The van der Waals surface area contributed by atoms with Crippen molar-refractivity contribution in [1.82, 2.24) is 9.97 Å². The van der Waals surface area contributed by atoms with Gasteiger partial charge in [0.1, 0.15) is 12.0 Å². The van der Waals surface area contributed by atoms with E-state index in [0.29, 0.717) is 48.3 Å². The van der Waals surface area contributed by atoms with Crippen molar-refractivity contribution in [3.8, 4) is 0 Å². The number of benzene rings is 1. The number of nitrogens with zero attached hydrogens (tertiary/aromatic N) is 3. The summed E-state index contributed by atoms with van der Waals surface area (Å²) in [4.78, 5) is 21.6. The Morgan fingerprint density at radius 3 is 2.76 bits per heavy atom. The first-order valence-corrected chi connectivity index (χ1v) is 8.45.